The molecule has 3 rings (SSSR count). The van der Waals surface area contributed by atoms with Gasteiger partial charge in [-0.25, -0.2) is 8.42 Å². The summed E-state index contributed by atoms with van der Waals surface area (Å²) in [5, 5.41) is 0. The predicted molar refractivity (Wildman–Crippen MR) is 116 cm³/mol. The van der Waals surface area contributed by atoms with E-state index >= 15 is 0 Å². The summed E-state index contributed by atoms with van der Waals surface area (Å²) < 4.78 is 32.1. The monoisotopic (exact) mass is 484 g/mol. The highest BCUT2D eigenvalue weighted by Crippen LogP contribution is 2.23. The van der Waals surface area contributed by atoms with Gasteiger partial charge in [-0.2, -0.15) is 4.31 Å². The SMILES string of the molecule is O=C(CCC(=O)c1ccc(Cl)s1)OCC(=O)N1CCN(S(=O)(=O)c2ccccc2)CC1. The lowest BCUT2D eigenvalue weighted by Gasteiger charge is -2.33. The van der Waals surface area contributed by atoms with Gasteiger partial charge in [-0.1, -0.05) is 29.8 Å². The van der Waals surface area contributed by atoms with Gasteiger partial charge in [-0.05, 0) is 24.3 Å². The maximum atomic E-state index is 12.6. The number of Topliss-reactive ketones (excluding diaryl/α,β-unsaturated/α-hetero) is 1. The van der Waals surface area contributed by atoms with Gasteiger partial charge in [0.15, 0.2) is 12.4 Å². The number of hydrogen-bond acceptors (Lipinski definition) is 7. The van der Waals surface area contributed by atoms with Crippen molar-refractivity contribution >= 4 is 50.6 Å². The van der Waals surface area contributed by atoms with Gasteiger partial charge < -0.3 is 9.64 Å². The number of hydrogen-bond donors (Lipinski definition) is 0. The fraction of sp³-hybridized carbons (Fsp3) is 0.350. The van der Waals surface area contributed by atoms with Crippen LogP contribution in [0, 0.1) is 0 Å². The summed E-state index contributed by atoms with van der Waals surface area (Å²) in [6, 6.07) is 11.3. The van der Waals surface area contributed by atoms with Crippen LogP contribution in [-0.4, -0.2) is 68.1 Å². The van der Waals surface area contributed by atoms with E-state index in [9.17, 15) is 22.8 Å². The Balaban J connectivity index is 1.41. The summed E-state index contributed by atoms with van der Waals surface area (Å²) in [5.41, 5.74) is 0. The molecule has 2 heterocycles. The van der Waals surface area contributed by atoms with Gasteiger partial charge in [0.25, 0.3) is 5.91 Å². The minimum absolute atomic E-state index is 0.0279. The maximum absolute atomic E-state index is 12.6. The molecule has 1 amide bonds. The molecule has 0 spiro atoms. The Hall–Kier alpha value is -2.27. The van der Waals surface area contributed by atoms with Crippen LogP contribution in [0.2, 0.25) is 4.34 Å². The van der Waals surface area contributed by atoms with Crippen molar-refractivity contribution in [2.45, 2.75) is 17.7 Å². The molecule has 8 nitrogen and oxygen atoms in total. The molecule has 1 aliphatic heterocycles. The van der Waals surface area contributed by atoms with Crippen molar-refractivity contribution in [1.29, 1.82) is 0 Å². The Bertz CT molecular complexity index is 1050. The highest BCUT2D eigenvalue weighted by atomic mass is 35.5. The molecule has 0 N–H and O–H groups in total. The van der Waals surface area contributed by atoms with Gasteiger partial charge in [0, 0.05) is 32.6 Å². The van der Waals surface area contributed by atoms with Crippen LogP contribution in [-0.2, 0) is 24.3 Å². The number of nitrogens with zero attached hydrogens (tertiary/aromatic N) is 2. The van der Waals surface area contributed by atoms with Crippen LogP contribution in [0.25, 0.3) is 0 Å². The average Bonchev–Trinajstić information content (AvgIpc) is 3.23. The Labute approximate surface area is 189 Å². The number of halogens is 1. The van der Waals surface area contributed by atoms with E-state index in [4.69, 9.17) is 16.3 Å². The second-order valence-corrected chi connectivity index (χ2v) is 10.4. The van der Waals surface area contributed by atoms with E-state index in [1.807, 2.05) is 0 Å². The first-order valence-corrected chi connectivity index (χ1v) is 12.2. The molecule has 1 fully saturated rings. The van der Waals surface area contributed by atoms with Crippen molar-refractivity contribution in [3.05, 3.63) is 51.7 Å². The first kappa shape index (κ1) is 23.4. The lowest BCUT2D eigenvalue weighted by atomic mass is 10.2. The van der Waals surface area contributed by atoms with Crippen LogP contribution in [0.1, 0.15) is 22.5 Å². The zero-order valence-corrected chi connectivity index (χ0v) is 18.9. The number of ether oxygens (including phenoxy) is 1. The number of amides is 1. The molecule has 11 heteroatoms. The van der Waals surface area contributed by atoms with Crippen molar-refractivity contribution in [3.8, 4) is 0 Å². The van der Waals surface area contributed by atoms with Gasteiger partial charge >= 0.3 is 5.97 Å². The summed E-state index contributed by atoms with van der Waals surface area (Å²) in [6.07, 6.45) is -0.162. The zero-order chi connectivity index (χ0) is 22.4. The molecule has 31 heavy (non-hydrogen) atoms. The molecule has 1 saturated heterocycles. The molecule has 0 radical (unpaired) electrons. The molecule has 0 aliphatic carbocycles. The van der Waals surface area contributed by atoms with E-state index in [0.717, 1.165) is 11.3 Å². The lowest BCUT2D eigenvalue weighted by Crippen LogP contribution is -2.51. The van der Waals surface area contributed by atoms with Crippen LogP contribution in [0.4, 0.5) is 0 Å². The molecule has 1 aromatic heterocycles. The normalized spacial score (nSPS) is 14.9. The molecule has 0 bridgehead atoms. The van der Waals surface area contributed by atoms with Gasteiger partial charge in [-0.15, -0.1) is 11.3 Å². The third-order valence-electron chi connectivity index (χ3n) is 4.73. The fourth-order valence-electron chi connectivity index (χ4n) is 3.03. The van der Waals surface area contributed by atoms with E-state index in [0.29, 0.717) is 9.21 Å². The zero-order valence-electron chi connectivity index (χ0n) is 16.5. The molecule has 2 aromatic rings. The average molecular weight is 485 g/mol. The van der Waals surface area contributed by atoms with E-state index in [2.05, 4.69) is 0 Å². The lowest BCUT2D eigenvalue weighted by molar-refractivity contribution is -0.152. The van der Waals surface area contributed by atoms with Gasteiger partial charge in [-0.3, -0.25) is 14.4 Å². The van der Waals surface area contributed by atoms with E-state index < -0.39 is 28.5 Å². The Kier molecular flexibility index (Phi) is 7.82. The molecule has 0 saturated carbocycles. The Morgan fingerprint density at radius 2 is 1.65 bits per heavy atom. The van der Waals surface area contributed by atoms with E-state index in [-0.39, 0.29) is 49.7 Å². The first-order valence-electron chi connectivity index (χ1n) is 9.54. The number of benzene rings is 1. The molecule has 1 aliphatic rings. The number of ketones is 1. The number of sulfonamides is 1. The first-order chi connectivity index (χ1) is 14.8. The second-order valence-electron chi connectivity index (χ2n) is 6.79. The predicted octanol–water partition coefficient (Wildman–Crippen LogP) is 2.44. The van der Waals surface area contributed by atoms with Gasteiger partial charge in [0.05, 0.1) is 20.5 Å². The Morgan fingerprint density at radius 1 is 0.968 bits per heavy atom. The summed E-state index contributed by atoms with van der Waals surface area (Å²) in [5.74, 6) is -1.26. The topological polar surface area (TPSA) is 101 Å². The highest BCUT2D eigenvalue weighted by molar-refractivity contribution is 7.89. The van der Waals surface area contributed by atoms with Crippen LogP contribution in [0.5, 0.6) is 0 Å². The van der Waals surface area contributed by atoms with Crippen molar-refractivity contribution in [1.82, 2.24) is 9.21 Å². The number of piperazine rings is 1. The van der Waals surface area contributed by atoms with Crippen LogP contribution < -0.4 is 0 Å². The number of rotatable bonds is 8. The summed E-state index contributed by atoms with van der Waals surface area (Å²) in [4.78, 5) is 38.3. The number of carbonyl (C=O) groups excluding carboxylic acids is 3. The van der Waals surface area contributed by atoms with Crippen molar-refractivity contribution in [2.24, 2.45) is 0 Å². The third-order valence-corrected chi connectivity index (χ3v) is 7.92. The molecule has 0 atom stereocenters. The minimum atomic E-state index is -3.60. The highest BCUT2D eigenvalue weighted by Gasteiger charge is 2.30. The largest absolute Gasteiger partial charge is 0.456 e. The standard InChI is InChI=1S/C20H21ClN2O6S2/c21-18-8-7-17(30-18)16(24)6-9-20(26)29-14-19(25)22-10-12-23(13-11-22)31(27,28)15-4-2-1-3-5-15/h1-5,7-8H,6,9-14H2. The van der Waals surface area contributed by atoms with Crippen LogP contribution >= 0.6 is 22.9 Å². The fourth-order valence-corrected chi connectivity index (χ4v) is 5.48. The molecular weight excluding hydrogens is 464 g/mol. The molecule has 166 valence electrons. The van der Waals surface area contributed by atoms with Crippen molar-refractivity contribution in [3.63, 3.8) is 0 Å². The second kappa shape index (κ2) is 10.4. The summed E-state index contributed by atoms with van der Waals surface area (Å²) in [7, 11) is -3.60. The summed E-state index contributed by atoms with van der Waals surface area (Å²) in [6.45, 7) is 0.299. The van der Waals surface area contributed by atoms with Crippen molar-refractivity contribution < 1.29 is 27.5 Å². The molecular formula is C20H21ClN2O6S2. The quantitative estimate of drug-likeness (QED) is 0.421. The number of thiophene rings is 1. The third kappa shape index (κ3) is 6.13. The molecule has 0 unspecified atom stereocenters. The van der Waals surface area contributed by atoms with E-state index in [1.54, 1.807) is 30.3 Å². The van der Waals surface area contributed by atoms with E-state index in [1.165, 1.54) is 21.3 Å². The smallest absolute Gasteiger partial charge is 0.306 e. The maximum Gasteiger partial charge on any atom is 0.306 e. The summed E-state index contributed by atoms with van der Waals surface area (Å²) >= 11 is 6.93. The van der Waals surface area contributed by atoms with Crippen LogP contribution in [0.3, 0.4) is 0 Å². The number of carbonyl (C=O) groups is 3. The van der Waals surface area contributed by atoms with Gasteiger partial charge in [0.1, 0.15) is 0 Å². The Morgan fingerprint density at radius 3 is 2.26 bits per heavy atom. The molecule has 1 aromatic carbocycles. The number of esters is 1. The van der Waals surface area contributed by atoms with Crippen LogP contribution in [0.15, 0.2) is 47.4 Å². The minimum Gasteiger partial charge on any atom is -0.456 e. The van der Waals surface area contributed by atoms with Crippen molar-refractivity contribution in [2.75, 3.05) is 32.8 Å². The van der Waals surface area contributed by atoms with Gasteiger partial charge in [0.2, 0.25) is 10.0 Å².